The Labute approximate surface area is 142 Å². The molecule has 0 bridgehead atoms. The van der Waals surface area contributed by atoms with Crippen molar-refractivity contribution in [3.63, 3.8) is 0 Å². The molecule has 2 rings (SSSR count). The van der Waals surface area contributed by atoms with Crippen molar-refractivity contribution in [1.29, 1.82) is 0 Å². The Balaban J connectivity index is 2.32. The van der Waals surface area contributed by atoms with E-state index in [0.717, 1.165) is 5.56 Å². The number of benzene rings is 2. The van der Waals surface area contributed by atoms with Crippen LogP contribution in [0.3, 0.4) is 0 Å². The summed E-state index contributed by atoms with van der Waals surface area (Å²) in [7, 11) is -2.38. The minimum Gasteiger partial charge on any atom is -0.465 e. The maximum atomic E-state index is 12.9. The topological polar surface area (TPSA) is 63.7 Å². The highest BCUT2D eigenvalue weighted by atomic mass is 32.2. The maximum Gasteiger partial charge on any atom is 0.337 e. The first-order valence-electron chi connectivity index (χ1n) is 7.60. The molecule has 2 aromatic carbocycles. The van der Waals surface area contributed by atoms with Crippen LogP contribution in [0.2, 0.25) is 0 Å². The van der Waals surface area contributed by atoms with Gasteiger partial charge in [0.15, 0.2) is 0 Å². The van der Waals surface area contributed by atoms with Gasteiger partial charge in [0.25, 0.3) is 0 Å². The van der Waals surface area contributed by atoms with Crippen LogP contribution in [0, 0.1) is 0 Å². The van der Waals surface area contributed by atoms with Gasteiger partial charge in [-0.3, -0.25) is 0 Å². The van der Waals surface area contributed by atoms with Gasteiger partial charge in [-0.1, -0.05) is 30.3 Å². The van der Waals surface area contributed by atoms with Crippen LogP contribution in [0.25, 0.3) is 0 Å². The van der Waals surface area contributed by atoms with Gasteiger partial charge in [-0.05, 0) is 43.7 Å². The van der Waals surface area contributed by atoms with Crippen molar-refractivity contribution in [2.75, 3.05) is 7.11 Å². The summed E-state index contributed by atoms with van der Waals surface area (Å²) in [5.74, 6) is -0.496. The zero-order valence-electron chi connectivity index (χ0n) is 14.0. The van der Waals surface area contributed by atoms with Gasteiger partial charge in [-0.2, -0.15) is 4.31 Å². The van der Waals surface area contributed by atoms with Gasteiger partial charge in [0.1, 0.15) is 0 Å². The van der Waals surface area contributed by atoms with Gasteiger partial charge in [-0.25, -0.2) is 13.2 Å². The monoisotopic (exact) mass is 347 g/mol. The molecular weight excluding hydrogens is 326 g/mol. The van der Waals surface area contributed by atoms with E-state index < -0.39 is 16.0 Å². The van der Waals surface area contributed by atoms with Gasteiger partial charge >= 0.3 is 5.97 Å². The van der Waals surface area contributed by atoms with Crippen molar-refractivity contribution in [1.82, 2.24) is 4.31 Å². The van der Waals surface area contributed by atoms with E-state index in [1.807, 2.05) is 44.2 Å². The fraction of sp³-hybridized carbons (Fsp3) is 0.278. The van der Waals surface area contributed by atoms with Crippen molar-refractivity contribution in [2.45, 2.75) is 31.3 Å². The zero-order valence-corrected chi connectivity index (χ0v) is 14.8. The van der Waals surface area contributed by atoms with E-state index in [1.165, 1.54) is 35.7 Å². The lowest BCUT2D eigenvalue weighted by atomic mass is 10.2. The number of carbonyl (C=O) groups is 1. The number of sulfonamides is 1. The second kappa shape index (κ2) is 7.59. The first-order chi connectivity index (χ1) is 11.4. The van der Waals surface area contributed by atoms with Gasteiger partial charge in [0.05, 0.1) is 17.6 Å². The second-order valence-corrected chi connectivity index (χ2v) is 7.54. The van der Waals surface area contributed by atoms with Gasteiger partial charge in [0.2, 0.25) is 10.0 Å². The van der Waals surface area contributed by atoms with Crippen LogP contribution in [0.4, 0.5) is 0 Å². The van der Waals surface area contributed by atoms with Gasteiger partial charge in [-0.15, -0.1) is 0 Å². The molecular formula is C18H21NO4S. The minimum absolute atomic E-state index is 0.153. The van der Waals surface area contributed by atoms with Crippen molar-refractivity contribution in [3.05, 3.63) is 65.7 Å². The Morgan fingerprint density at radius 2 is 1.62 bits per heavy atom. The number of rotatable bonds is 6. The first kappa shape index (κ1) is 18.2. The normalized spacial score (nSPS) is 11.7. The molecule has 0 aliphatic heterocycles. The highest BCUT2D eigenvalue weighted by Gasteiger charge is 2.27. The number of ether oxygens (including phenoxy) is 1. The molecule has 0 heterocycles. The fourth-order valence-corrected chi connectivity index (χ4v) is 3.95. The quantitative estimate of drug-likeness (QED) is 0.753. The van der Waals surface area contributed by atoms with Crippen LogP contribution in [0.5, 0.6) is 0 Å². The molecule has 128 valence electrons. The second-order valence-electron chi connectivity index (χ2n) is 5.65. The van der Waals surface area contributed by atoms with E-state index in [-0.39, 0.29) is 10.9 Å². The Morgan fingerprint density at radius 1 is 1.04 bits per heavy atom. The third-order valence-corrected chi connectivity index (χ3v) is 5.68. The summed E-state index contributed by atoms with van der Waals surface area (Å²) < 4.78 is 31.9. The summed E-state index contributed by atoms with van der Waals surface area (Å²) >= 11 is 0. The Morgan fingerprint density at radius 3 is 2.12 bits per heavy atom. The molecule has 24 heavy (non-hydrogen) atoms. The lowest BCUT2D eigenvalue weighted by Crippen LogP contribution is -2.36. The number of esters is 1. The van der Waals surface area contributed by atoms with E-state index in [2.05, 4.69) is 4.74 Å². The van der Waals surface area contributed by atoms with Crippen LogP contribution >= 0.6 is 0 Å². The summed E-state index contributed by atoms with van der Waals surface area (Å²) in [6.45, 7) is 3.96. The molecule has 5 nitrogen and oxygen atoms in total. The number of nitrogens with zero attached hydrogens (tertiary/aromatic N) is 1. The number of hydrogen-bond donors (Lipinski definition) is 0. The third-order valence-electron chi connectivity index (χ3n) is 3.64. The van der Waals surface area contributed by atoms with Gasteiger partial charge < -0.3 is 4.74 Å². The largest absolute Gasteiger partial charge is 0.465 e. The molecule has 0 radical (unpaired) electrons. The molecule has 0 N–H and O–H groups in total. The fourth-order valence-electron chi connectivity index (χ4n) is 2.32. The lowest BCUT2D eigenvalue weighted by molar-refractivity contribution is 0.0600. The zero-order chi connectivity index (χ0) is 17.7. The Kier molecular flexibility index (Phi) is 5.75. The first-order valence-corrected chi connectivity index (χ1v) is 9.04. The highest BCUT2D eigenvalue weighted by Crippen LogP contribution is 2.21. The average Bonchev–Trinajstić information content (AvgIpc) is 2.59. The standard InChI is InChI=1S/C18H21NO4S/c1-14(2)19(13-15-7-5-4-6-8-15)24(21,22)17-11-9-16(10-12-17)18(20)23-3/h4-12,14H,13H2,1-3H3. The molecule has 0 aliphatic carbocycles. The van der Waals surface area contributed by atoms with E-state index in [1.54, 1.807) is 0 Å². The lowest BCUT2D eigenvalue weighted by Gasteiger charge is -2.26. The molecule has 0 saturated carbocycles. The summed E-state index contributed by atoms with van der Waals surface area (Å²) in [4.78, 5) is 11.6. The van der Waals surface area contributed by atoms with Crippen LogP contribution < -0.4 is 0 Å². The third kappa shape index (κ3) is 4.01. The predicted octanol–water partition coefficient (Wildman–Crippen LogP) is 3.07. The molecule has 0 saturated heterocycles. The molecule has 0 unspecified atom stereocenters. The maximum absolute atomic E-state index is 12.9. The van der Waals surface area contributed by atoms with Crippen LogP contribution in [-0.2, 0) is 21.3 Å². The van der Waals surface area contributed by atoms with Crippen LogP contribution in [-0.4, -0.2) is 31.8 Å². The molecule has 0 fully saturated rings. The molecule has 0 aromatic heterocycles. The number of hydrogen-bond acceptors (Lipinski definition) is 4. The average molecular weight is 347 g/mol. The minimum atomic E-state index is -3.67. The predicted molar refractivity (Wildman–Crippen MR) is 92.1 cm³/mol. The van der Waals surface area contributed by atoms with E-state index >= 15 is 0 Å². The SMILES string of the molecule is COC(=O)c1ccc(S(=O)(=O)N(Cc2ccccc2)C(C)C)cc1. The molecule has 0 spiro atoms. The van der Waals surface area contributed by atoms with Crippen LogP contribution in [0.1, 0.15) is 29.8 Å². The molecule has 0 aliphatic rings. The summed E-state index contributed by atoms with van der Waals surface area (Å²) in [5.41, 5.74) is 1.23. The smallest absolute Gasteiger partial charge is 0.337 e. The molecule has 6 heteroatoms. The van der Waals surface area contributed by atoms with Crippen molar-refractivity contribution in [2.24, 2.45) is 0 Å². The Bertz CT molecular complexity index is 784. The van der Waals surface area contributed by atoms with Crippen molar-refractivity contribution in [3.8, 4) is 0 Å². The van der Waals surface area contributed by atoms with E-state index in [9.17, 15) is 13.2 Å². The van der Waals surface area contributed by atoms with Crippen molar-refractivity contribution < 1.29 is 17.9 Å². The number of carbonyl (C=O) groups excluding carboxylic acids is 1. The van der Waals surface area contributed by atoms with Crippen molar-refractivity contribution >= 4 is 16.0 Å². The summed E-state index contributed by atoms with van der Waals surface area (Å²) in [6, 6.07) is 15.0. The highest BCUT2D eigenvalue weighted by molar-refractivity contribution is 7.89. The number of methoxy groups -OCH3 is 1. The summed E-state index contributed by atoms with van der Waals surface area (Å²) in [6.07, 6.45) is 0. The van der Waals surface area contributed by atoms with Crippen LogP contribution in [0.15, 0.2) is 59.5 Å². The molecule has 2 aromatic rings. The van der Waals surface area contributed by atoms with Gasteiger partial charge in [0, 0.05) is 12.6 Å². The molecule has 0 amide bonds. The molecule has 0 atom stereocenters. The van der Waals surface area contributed by atoms with E-state index in [4.69, 9.17) is 0 Å². The van der Waals surface area contributed by atoms with E-state index in [0.29, 0.717) is 12.1 Å². The summed E-state index contributed by atoms with van der Waals surface area (Å²) in [5, 5.41) is 0. The Hall–Kier alpha value is -2.18.